The lowest BCUT2D eigenvalue weighted by atomic mass is 9.99. The summed E-state index contributed by atoms with van der Waals surface area (Å²) in [5.74, 6) is 0.610. The number of rotatable bonds is 4. The van der Waals surface area contributed by atoms with Crippen LogP contribution in [0.15, 0.2) is 83.4 Å². The second-order valence-corrected chi connectivity index (χ2v) is 8.48. The summed E-state index contributed by atoms with van der Waals surface area (Å²) >= 11 is 0. The van der Waals surface area contributed by atoms with Crippen LogP contribution in [0.3, 0.4) is 0 Å². The van der Waals surface area contributed by atoms with Crippen LogP contribution in [0.4, 0.5) is 0 Å². The minimum atomic E-state index is 0.610. The van der Waals surface area contributed by atoms with Gasteiger partial charge in [-0.3, -0.25) is 4.98 Å². The van der Waals surface area contributed by atoms with Gasteiger partial charge in [-0.15, -0.1) is 0 Å². The summed E-state index contributed by atoms with van der Waals surface area (Å²) < 4.78 is 6.53. The Kier molecular flexibility index (Phi) is 4.63. The molecule has 30 heavy (non-hydrogen) atoms. The Bertz CT molecular complexity index is 1340. The number of aromatic nitrogens is 1. The van der Waals surface area contributed by atoms with Crippen LogP contribution in [-0.2, 0) is 6.42 Å². The fraction of sp³-hybridized carbons (Fsp3) is 0.179. The second-order valence-electron chi connectivity index (χ2n) is 8.48. The smallest absolute Gasteiger partial charge is 0.144 e. The van der Waals surface area contributed by atoms with E-state index in [-0.39, 0.29) is 0 Å². The van der Waals surface area contributed by atoms with Crippen LogP contribution >= 0.6 is 0 Å². The van der Waals surface area contributed by atoms with Crippen molar-refractivity contribution in [2.75, 3.05) is 0 Å². The van der Waals surface area contributed by atoms with Gasteiger partial charge in [0.25, 0.3) is 0 Å². The minimum Gasteiger partial charge on any atom is -0.455 e. The second kappa shape index (κ2) is 7.46. The van der Waals surface area contributed by atoms with Crippen LogP contribution < -0.4 is 0 Å². The molecule has 3 aromatic carbocycles. The maximum Gasteiger partial charge on any atom is 0.144 e. The van der Waals surface area contributed by atoms with Crippen molar-refractivity contribution in [3.05, 3.63) is 90.1 Å². The molecule has 2 heterocycles. The van der Waals surface area contributed by atoms with Crippen molar-refractivity contribution < 1.29 is 4.42 Å². The molecular weight excluding hydrogens is 366 g/mol. The number of aryl methyl sites for hydroxylation is 1. The first-order chi connectivity index (χ1) is 14.6. The highest BCUT2D eigenvalue weighted by molar-refractivity contribution is 6.12. The van der Waals surface area contributed by atoms with Crippen LogP contribution in [0.2, 0.25) is 0 Å². The lowest BCUT2D eigenvalue weighted by Gasteiger charge is -2.07. The molecule has 0 aliphatic rings. The van der Waals surface area contributed by atoms with Crippen LogP contribution in [-0.4, -0.2) is 4.98 Å². The molecule has 0 saturated heterocycles. The van der Waals surface area contributed by atoms with Crippen LogP contribution in [0.1, 0.15) is 25.0 Å². The first-order valence-electron chi connectivity index (χ1n) is 10.6. The maximum atomic E-state index is 6.53. The van der Waals surface area contributed by atoms with Crippen molar-refractivity contribution in [1.82, 2.24) is 4.98 Å². The molecule has 0 saturated carbocycles. The molecule has 148 valence electrons. The van der Waals surface area contributed by atoms with E-state index in [1.54, 1.807) is 0 Å². The average Bonchev–Trinajstić information content (AvgIpc) is 3.13. The highest BCUT2D eigenvalue weighted by Crippen LogP contribution is 2.39. The van der Waals surface area contributed by atoms with E-state index in [1.807, 2.05) is 6.20 Å². The molecule has 0 unspecified atom stereocenters. The molecule has 0 amide bonds. The van der Waals surface area contributed by atoms with Gasteiger partial charge in [-0.2, -0.15) is 0 Å². The fourth-order valence-electron chi connectivity index (χ4n) is 4.20. The van der Waals surface area contributed by atoms with Crippen molar-refractivity contribution >= 4 is 21.9 Å². The predicted molar refractivity (Wildman–Crippen MR) is 126 cm³/mol. The molecular formula is C28H25NO. The molecule has 5 rings (SSSR count). The third-order valence-electron chi connectivity index (χ3n) is 5.63. The zero-order valence-corrected chi connectivity index (χ0v) is 17.6. The number of benzene rings is 3. The quantitative estimate of drug-likeness (QED) is 0.312. The Balaban J connectivity index is 1.72. The third-order valence-corrected chi connectivity index (χ3v) is 5.63. The number of hydrogen-bond donors (Lipinski definition) is 0. The molecule has 0 fully saturated rings. The zero-order chi connectivity index (χ0) is 20.7. The highest BCUT2D eigenvalue weighted by Gasteiger charge is 2.16. The van der Waals surface area contributed by atoms with Crippen molar-refractivity contribution in [2.45, 2.75) is 27.2 Å². The van der Waals surface area contributed by atoms with Gasteiger partial charge in [0, 0.05) is 28.1 Å². The van der Waals surface area contributed by atoms with E-state index >= 15 is 0 Å². The summed E-state index contributed by atoms with van der Waals surface area (Å²) in [6.45, 7) is 6.59. The van der Waals surface area contributed by atoms with E-state index < -0.39 is 0 Å². The molecule has 0 atom stereocenters. The Labute approximate surface area is 177 Å². The third kappa shape index (κ3) is 3.29. The summed E-state index contributed by atoms with van der Waals surface area (Å²) in [5.41, 5.74) is 8.70. The van der Waals surface area contributed by atoms with Gasteiger partial charge in [0.05, 0.1) is 5.69 Å². The fourth-order valence-corrected chi connectivity index (χ4v) is 4.20. The summed E-state index contributed by atoms with van der Waals surface area (Å²) in [6, 6.07) is 25.7. The maximum absolute atomic E-state index is 6.53. The van der Waals surface area contributed by atoms with E-state index in [0.29, 0.717) is 5.92 Å². The number of para-hydroxylation sites is 2. The normalized spacial score (nSPS) is 11.6. The van der Waals surface area contributed by atoms with E-state index in [0.717, 1.165) is 45.2 Å². The van der Waals surface area contributed by atoms with Gasteiger partial charge in [-0.25, -0.2) is 0 Å². The van der Waals surface area contributed by atoms with Gasteiger partial charge in [-0.05, 0) is 48.6 Å². The first-order valence-corrected chi connectivity index (χ1v) is 10.6. The Morgan fingerprint density at radius 3 is 2.17 bits per heavy atom. The molecule has 5 aromatic rings. The van der Waals surface area contributed by atoms with Crippen molar-refractivity contribution in [3.8, 4) is 22.4 Å². The molecule has 0 aliphatic carbocycles. The standard InChI is InChI=1S/C28H25NO/c1-18(2)16-20-14-15-29-26(17-20)25-9-5-8-24-23-7-4-6-22(27(23)30-28(24)25)21-12-10-19(3)11-13-21/h4-15,17-18H,16H2,1-3H3. The van der Waals surface area contributed by atoms with Gasteiger partial charge in [-0.1, -0.05) is 74.0 Å². The van der Waals surface area contributed by atoms with E-state index in [1.165, 1.54) is 16.7 Å². The molecule has 0 radical (unpaired) electrons. The van der Waals surface area contributed by atoms with E-state index in [4.69, 9.17) is 4.42 Å². The molecule has 0 N–H and O–H groups in total. The Morgan fingerprint density at radius 2 is 1.47 bits per heavy atom. The van der Waals surface area contributed by atoms with Gasteiger partial charge >= 0.3 is 0 Å². The van der Waals surface area contributed by atoms with Crippen molar-refractivity contribution in [3.63, 3.8) is 0 Å². The summed E-state index contributed by atoms with van der Waals surface area (Å²) in [5, 5.41) is 2.27. The van der Waals surface area contributed by atoms with E-state index in [9.17, 15) is 0 Å². The van der Waals surface area contributed by atoms with Crippen LogP contribution in [0.25, 0.3) is 44.3 Å². The average molecular weight is 392 g/mol. The lowest BCUT2D eigenvalue weighted by Crippen LogP contribution is -1.95. The van der Waals surface area contributed by atoms with Crippen LogP contribution in [0, 0.1) is 12.8 Å². The minimum absolute atomic E-state index is 0.610. The van der Waals surface area contributed by atoms with Gasteiger partial charge < -0.3 is 4.42 Å². The van der Waals surface area contributed by atoms with Crippen molar-refractivity contribution in [2.24, 2.45) is 5.92 Å². The Morgan fingerprint density at radius 1 is 0.800 bits per heavy atom. The summed E-state index contributed by atoms with van der Waals surface area (Å²) in [7, 11) is 0. The van der Waals surface area contributed by atoms with Gasteiger partial charge in [0.1, 0.15) is 11.2 Å². The molecule has 0 aliphatic heterocycles. The van der Waals surface area contributed by atoms with Gasteiger partial charge in [0.15, 0.2) is 0 Å². The summed E-state index contributed by atoms with van der Waals surface area (Å²) in [4.78, 5) is 4.67. The monoisotopic (exact) mass is 391 g/mol. The SMILES string of the molecule is Cc1ccc(-c2cccc3c2oc2c(-c4cc(CC(C)C)ccn4)cccc23)cc1. The predicted octanol–water partition coefficient (Wildman–Crippen LogP) is 7.82. The topological polar surface area (TPSA) is 26.0 Å². The van der Waals surface area contributed by atoms with Gasteiger partial charge in [0.2, 0.25) is 0 Å². The lowest BCUT2D eigenvalue weighted by molar-refractivity contribution is 0.647. The largest absolute Gasteiger partial charge is 0.455 e. The zero-order valence-electron chi connectivity index (χ0n) is 17.6. The molecule has 2 heteroatoms. The molecule has 2 nitrogen and oxygen atoms in total. The first kappa shape index (κ1) is 18.6. The van der Waals surface area contributed by atoms with E-state index in [2.05, 4.69) is 98.6 Å². The number of nitrogens with zero attached hydrogens (tertiary/aromatic N) is 1. The number of fused-ring (bicyclic) bond motifs is 3. The molecule has 0 spiro atoms. The molecule has 2 aromatic heterocycles. The number of pyridine rings is 1. The number of furan rings is 1. The number of hydrogen-bond acceptors (Lipinski definition) is 2. The summed E-state index contributed by atoms with van der Waals surface area (Å²) in [6.07, 6.45) is 2.95. The molecule has 0 bridgehead atoms. The van der Waals surface area contributed by atoms with Crippen molar-refractivity contribution in [1.29, 1.82) is 0 Å². The Hall–Kier alpha value is -3.39. The van der Waals surface area contributed by atoms with Crippen LogP contribution in [0.5, 0.6) is 0 Å². The highest BCUT2D eigenvalue weighted by atomic mass is 16.3.